The summed E-state index contributed by atoms with van der Waals surface area (Å²) in [5.74, 6) is 0. The Labute approximate surface area is 253 Å². The lowest BCUT2D eigenvalue weighted by Gasteiger charge is -2.20. The quantitative estimate of drug-likeness (QED) is 0.203. The molecular formula is C40H26. The van der Waals surface area contributed by atoms with Crippen LogP contribution in [0.2, 0.25) is 0 Å². The van der Waals surface area contributed by atoms with E-state index in [1.54, 1.807) is 36.4 Å². The van der Waals surface area contributed by atoms with Gasteiger partial charge in [0, 0.05) is 0 Å². The van der Waals surface area contributed by atoms with Gasteiger partial charge in [-0.2, -0.15) is 0 Å². The van der Waals surface area contributed by atoms with Crippen molar-refractivity contribution in [3.05, 3.63) is 157 Å². The molecule has 0 aliphatic heterocycles. The predicted octanol–water partition coefficient (Wildman–Crippen LogP) is 11.3. The largest absolute Gasteiger partial charge is 0.0636 e. The predicted molar refractivity (Wildman–Crippen MR) is 173 cm³/mol. The minimum absolute atomic E-state index is 0.00697. The second-order valence-corrected chi connectivity index (χ2v) is 9.43. The Morgan fingerprint density at radius 1 is 0.375 bits per heavy atom. The van der Waals surface area contributed by atoms with Crippen molar-refractivity contribution in [2.45, 2.75) is 0 Å². The van der Waals surface area contributed by atoms with Crippen LogP contribution < -0.4 is 0 Å². The van der Waals surface area contributed by atoms with Crippen LogP contribution in [0.5, 0.6) is 0 Å². The maximum Gasteiger partial charge on any atom is 0.0636 e. The molecule has 0 saturated carbocycles. The van der Waals surface area contributed by atoms with Crippen molar-refractivity contribution in [1.29, 1.82) is 0 Å². The normalized spacial score (nSPS) is 16.4. The Morgan fingerprint density at radius 3 is 1.90 bits per heavy atom. The number of fused-ring (bicyclic) bond motifs is 4. The van der Waals surface area contributed by atoms with Crippen LogP contribution >= 0.6 is 0 Å². The summed E-state index contributed by atoms with van der Waals surface area (Å²) in [4.78, 5) is 0. The van der Waals surface area contributed by atoms with E-state index >= 15 is 0 Å². The summed E-state index contributed by atoms with van der Waals surface area (Å²) in [6, 6.07) is 13.2. The summed E-state index contributed by atoms with van der Waals surface area (Å²) >= 11 is 0. The van der Waals surface area contributed by atoms with E-state index in [9.17, 15) is 8.22 Å². The summed E-state index contributed by atoms with van der Waals surface area (Å²) in [5.41, 5.74) is 0.474. The zero-order valence-electron chi connectivity index (χ0n) is 34.9. The maximum atomic E-state index is 9.82. The minimum atomic E-state index is -0.715. The molecule has 0 heteroatoms. The van der Waals surface area contributed by atoms with Gasteiger partial charge in [-0.15, -0.1) is 0 Å². The lowest BCUT2D eigenvalue weighted by Crippen LogP contribution is -1.92. The fourth-order valence-electron chi connectivity index (χ4n) is 5.35. The average Bonchev–Trinajstić information content (AvgIpc) is 3.18. The van der Waals surface area contributed by atoms with Gasteiger partial charge < -0.3 is 0 Å². The van der Waals surface area contributed by atoms with Crippen LogP contribution in [0.1, 0.15) is 19.2 Å². The van der Waals surface area contributed by atoms with E-state index in [2.05, 4.69) is 0 Å². The second kappa shape index (κ2) is 9.22. The number of hydrogen-bond donors (Lipinski definition) is 0. The van der Waals surface area contributed by atoms with Gasteiger partial charge >= 0.3 is 0 Å². The van der Waals surface area contributed by atoms with E-state index in [0.717, 1.165) is 10.8 Å². The lowest BCUT2D eigenvalue weighted by molar-refractivity contribution is 1.64. The molecule has 0 fully saturated rings. The molecule has 0 unspecified atom stereocenters. The first-order chi connectivity index (χ1) is 25.7. The van der Waals surface area contributed by atoms with Crippen molar-refractivity contribution in [2.75, 3.05) is 0 Å². The van der Waals surface area contributed by atoms with Gasteiger partial charge in [-0.1, -0.05) is 145 Å². The summed E-state index contributed by atoms with van der Waals surface area (Å²) < 4.78 is 127. The Hall–Kier alpha value is -5.20. The molecule has 186 valence electrons. The highest BCUT2D eigenvalue weighted by Gasteiger charge is 2.18. The van der Waals surface area contributed by atoms with E-state index in [1.165, 1.54) is 0 Å². The molecule has 0 atom stereocenters. The highest BCUT2D eigenvalue weighted by atomic mass is 14.2. The van der Waals surface area contributed by atoms with Gasteiger partial charge in [0.1, 0.15) is 0 Å². The summed E-state index contributed by atoms with van der Waals surface area (Å²) in [7, 11) is 0. The van der Waals surface area contributed by atoms with Crippen LogP contribution in [-0.2, 0) is 0 Å². The van der Waals surface area contributed by atoms with Crippen molar-refractivity contribution in [2.24, 2.45) is 0 Å². The Balaban J connectivity index is 1.78. The van der Waals surface area contributed by atoms with Gasteiger partial charge in [-0.25, -0.2) is 0 Å². The summed E-state index contributed by atoms with van der Waals surface area (Å²) in [6.07, 6.45) is 0. The standard InChI is InChI=1S/C40H26/c1-2-11-27(12-3-1)31-23-24-37-38(26-31)39(32-22-21-28-13-4-5-15-30(28)25-32)35-18-8-9-19-36(35)40(37)34-20-10-16-29-14-6-7-17-33(29)34/h1-26H/i6D,7D,8D,9D,10D,14D,16D,17D,18D,19D,20D,23D,24D,26D. The molecule has 8 aromatic rings. The van der Waals surface area contributed by atoms with Crippen molar-refractivity contribution < 1.29 is 19.2 Å². The molecule has 0 heterocycles. The highest BCUT2D eigenvalue weighted by Crippen LogP contribution is 2.46. The topological polar surface area (TPSA) is 0 Å². The molecule has 0 spiro atoms. The smallest absolute Gasteiger partial charge is 0.0622 e. The lowest BCUT2D eigenvalue weighted by atomic mass is 9.83. The van der Waals surface area contributed by atoms with Gasteiger partial charge in [0.25, 0.3) is 0 Å². The molecule has 0 saturated heterocycles. The Bertz CT molecular complexity index is 2970. The SMILES string of the molecule is [2H]c1c([2H])c([2H])c2c(-c3c4c([2H])c([2H])c([2H])c([2H])c4c(-c4ccc5ccccc5c4)c4c([2H])c(-c5ccccc5)c([2H])c([2H])c34)c([2H])c([2H])c([2H])c2c1[2H]. The van der Waals surface area contributed by atoms with Crippen LogP contribution in [0.15, 0.2) is 157 Å². The molecule has 0 aromatic heterocycles. The third-order valence-electron chi connectivity index (χ3n) is 7.16. The summed E-state index contributed by atoms with van der Waals surface area (Å²) in [6.45, 7) is 0. The average molecular weight is 521 g/mol. The van der Waals surface area contributed by atoms with Crippen LogP contribution in [-0.4, -0.2) is 0 Å². The zero-order valence-corrected chi connectivity index (χ0v) is 20.9. The maximum absolute atomic E-state index is 9.82. The first kappa shape index (κ1) is 12.8. The molecule has 40 heavy (non-hydrogen) atoms. The van der Waals surface area contributed by atoms with Crippen molar-refractivity contribution in [3.8, 4) is 33.4 Å². The number of hydrogen-bond acceptors (Lipinski definition) is 0. The van der Waals surface area contributed by atoms with E-state index in [-0.39, 0.29) is 60.6 Å². The molecule has 0 bridgehead atoms. The van der Waals surface area contributed by atoms with Gasteiger partial charge in [-0.3, -0.25) is 0 Å². The molecule has 0 amide bonds. The first-order valence-electron chi connectivity index (χ1n) is 19.7. The highest BCUT2D eigenvalue weighted by molar-refractivity contribution is 6.24. The molecule has 8 aromatic carbocycles. The van der Waals surface area contributed by atoms with E-state index in [4.69, 9.17) is 11.0 Å². The van der Waals surface area contributed by atoms with Crippen molar-refractivity contribution in [1.82, 2.24) is 0 Å². The van der Waals surface area contributed by atoms with Crippen molar-refractivity contribution in [3.63, 3.8) is 0 Å². The molecule has 0 radical (unpaired) electrons. The van der Waals surface area contributed by atoms with Gasteiger partial charge in [-0.05, 0) is 88.6 Å². The third-order valence-corrected chi connectivity index (χ3v) is 7.16. The van der Waals surface area contributed by atoms with Gasteiger partial charge in [0.15, 0.2) is 0 Å². The van der Waals surface area contributed by atoms with Gasteiger partial charge in [0.2, 0.25) is 0 Å². The summed E-state index contributed by atoms with van der Waals surface area (Å²) in [5, 5.41) is 0.426. The zero-order chi connectivity index (χ0) is 38.7. The fourth-order valence-corrected chi connectivity index (χ4v) is 5.35. The molecule has 0 aliphatic carbocycles. The number of rotatable bonds is 3. The van der Waals surface area contributed by atoms with E-state index < -0.39 is 78.6 Å². The fraction of sp³-hybridized carbons (Fsp3) is 0. The Kier molecular flexibility index (Phi) is 2.94. The van der Waals surface area contributed by atoms with Gasteiger partial charge in [0.05, 0.1) is 19.2 Å². The Morgan fingerprint density at radius 2 is 1.05 bits per heavy atom. The number of benzene rings is 8. The van der Waals surface area contributed by atoms with Crippen molar-refractivity contribution >= 4 is 43.1 Å². The first-order valence-corrected chi connectivity index (χ1v) is 12.7. The van der Waals surface area contributed by atoms with Crippen LogP contribution in [0, 0.1) is 0 Å². The monoisotopic (exact) mass is 520 g/mol. The third kappa shape index (κ3) is 3.61. The molecular weight excluding hydrogens is 480 g/mol. The minimum Gasteiger partial charge on any atom is -0.0622 e. The molecule has 0 N–H and O–H groups in total. The van der Waals surface area contributed by atoms with E-state index in [1.807, 2.05) is 36.4 Å². The second-order valence-electron chi connectivity index (χ2n) is 9.43. The van der Waals surface area contributed by atoms with E-state index in [0.29, 0.717) is 11.1 Å². The van der Waals surface area contributed by atoms with Crippen LogP contribution in [0.3, 0.4) is 0 Å². The molecule has 0 aliphatic rings. The van der Waals surface area contributed by atoms with Crippen LogP contribution in [0.25, 0.3) is 76.5 Å². The molecule has 8 rings (SSSR count). The van der Waals surface area contributed by atoms with Crippen LogP contribution in [0.4, 0.5) is 0 Å². The molecule has 0 nitrogen and oxygen atoms in total.